The van der Waals surface area contributed by atoms with E-state index in [1.165, 1.54) is 12.3 Å². The Hall–Kier alpha value is 1.68. The molecule has 0 bridgehead atoms. The van der Waals surface area contributed by atoms with Gasteiger partial charge in [0.1, 0.15) is 5.69 Å². The van der Waals surface area contributed by atoms with Gasteiger partial charge in [-0.2, -0.15) is 5.10 Å². The topological polar surface area (TPSA) is 66.0 Å². The summed E-state index contributed by atoms with van der Waals surface area (Å²) in [6, 6.07) is 1.39. The van der Waals surface area contributed by atoms with E-state index < -0.39 is 5.97 Å². The molecular weight excluding hydrogens is 177 g/mol. The molecule has 7 heteroatoms. The molecule has 0 atom stereocenters. The molecule has 0 fully saturated rings. The van der Waals surface area contributed by atoms with E-state index in [0.717, 1.165) is 0 Å². The van der Waals surface area contributed by atoms with E-state index in [2.05, 4.69) is 10.2 Å². The van der Waals surface area contributed by atoms with Gasteiger partial charge in [-0.05, 0) is 6.07 Å². The van der Waals surface area contributed by atoms with Crippen molar-refractivity contribution < 1.29 is 103 Å². The number of carbonyl (C=O) groups is 1. The average molecular weight is 184 g/mol. The number of rotatable bonds is 1. The fraction of sp³-hybridized carbons (Fsp3) is 0. The Morgan fingerprint density at radius 2 is 2.09 bits per heavy atom. The first kappa shape index (κ1) is 18.5. The molecule has 0 aliphatic rings. The molecule has 0 unspecified atom stereocenters. The molecule has 0 aliphatic carbocycles. The number of nitrogens with one attached hydrogen (secondary N) is 1. The number of hydrogen-bond donors (Lipinski definition) is 2. The van der Waals surface area contributed by atoms with Crippen molar-refractivity contribution in [2.75, 3.05) is 0 Å². The molecule has 0 radical (unpaired) electrons. The quantitative estimate of drug-likeness (QED) is 0.426. The molecule has 48 valence electrons. The van der Waals surface area contributed by atoms with Crippen molar-refractivity contribution >= 4 is 5.97 Å². The van der Waals surface area contributed by atoms with Gasteiger partial charge >= 0.3 is 94.6 Å². The summed E-state index contributed by atoms with van der Waals surface area (Å²) < 4.78 is 0. The number of aromatic amines is 1. The maximum Gasteiger partial charge on any atom is 1.00 e. The number of nitrogens with zero attached hydrogens (tertiary/aromatic N) is 1. The van der Waals surface area contributed by atoms with Gasteiger partial charge in [-0.1, -0.05) is 0 Å². The third kappa shape index (κ3) is 6.81. The van der Waals surface area contributed by atoms with Gasteiger partial charge < -0.3 is 9.39 Å². The molecule has 2 N–H and O–H groups in total. The molecule has 1 heterocycles. The fourth-order valence-electron chi connectivity index (χ4n) is 0.375. The van der Waals surface area contributed by atoms with E-state index in [1.54, 1.807) is 0 Å². The Morgan fingerprint density at radius 3 is 2.27 bits per heavy atom. The zero-order valence-corrected chi connectivity index (χ0v) is 13.0. The van der Waals surface area contributed by atoms with Gasteiger partial charge in [0.05, 0.1) is 0 Å². The summed E-state index contributed by atoms with van der Waals surface area (Å²) in [5.74, 6) is -0.984. The summed E-state index contributed by atoms with van der Waals surface area (Å²) in [5.41, 5.74) is 0.116. The summed E-state index contributed by atoms with van der Waals surface area (Å²) in [6.45, 7) is 0. The van der Waals surface area contributed by atoms with Crippen LogP contribution in [0.15, 0.2) is 12.3 Å². The van der Waals surface area contributed by atoms with Crippen molar-refractivity contribution in [3.05, 3.63) is 18.0 Å². The van der Waals surface area contributed by atoms with Crippen LogP contribution in [0.3, 0.4) is 0 Å². The molecule has 1 aromatic heterocycles. The van der Waals surface area contributed by atoms with Crippen molar-refractivity contribution in [3.63, 3.8) is 0 Å². The average Bonchev–Trinajstić information content (AvgIpc) is 2.12. The van der Waals surface area contributed by atoms with Crippen LogP contribution in [0, 0.1) is 0 Å². The predicted octanol–water partition coefficient (Wildman–Crippen LogP) is -8.54. The maximum atomic E-state index is 9.99. The van der Waals surface area contributed by atoms with Gasteiger partial charge in [0.15, 0.2) is 0 Å². The largest absolute Gasteiger partial charge is 1.00 e. The van der Waals surface area contributed by atoms with Crippen molar-refractivity contribution in [2.45, 2.75) is 0 Å². The first-order chi connectivity index (χ1) is 3.80. The minimum absolute atomic E-state index is 0. The molecule has 0 spiro atoms. The molecule has 0 amide bonds. The Bertz CT molecular complexity index is 200. The van der Waals surface area contributed by atoms with Crippen LogP contribution in [0.2, 0.25) is 0 Å². The molecule has 11 heavy (non-hydrogen) atoms. The molecular formula is C4H7N2Na3O2. The summed E-state index contributed by atoms with van der Waals surface area (Å²) in [5, 5.41) is 13.9. The third-order valence-corrected chi connectivity index (χ3v) is 0.731. The minimum Gasteiger partial charge on any atom is -1.00 e. The van der Waals surface area contributed by atoms with Gasteiger partial charge in [-0.3, -0.25) is 5.10 Å². The molecule has 1 aromatic rings. The first-order valence-electron chi connectivity index (χ1n) is 2.03. The van der Waals surface area contributed by atoms with Crippen LogP contribution in [0.4, 0.5) is 0 Å². The number of H-pyrrole nitrogens is 1. The predicted molar refractivity (Wildman–Crippen MR) is 28.9 cm³/mol. The van der Waals surface area contributed by atoms with Crippen LogP contribution < -0.4 is 88.7 Å². The van der Waals surface area contributed by atoms with Crippen molar-refractivity contribution in [2.24, 2.45) is 0 Å². The summed E-state index contributed by atoms with van der Waals surface area (Å²) >= 11 is 0. The van der Waals surface area contributed by atoms with Crippen LogP contribution >= 0.6 is 0 Å². The van der Waals surface area contributed by atoms with E-state index in [9.17, 15) is 4.79 Å². The second-order valence-electron chi connectivity index (χ2n) is 1.28. The molecule has 0 aromatic carbocycles. The van der Waals surface area contributed by atoms with Crippen LogP contribution in [-0.4, -0.2) is 21.3 Å². The summed E-state index contributed by atoms with van der Waals surface area (Å²) in [6.07, 6.45) is 1.39. The van der Waals surface area contributed by atoms with Crippen LogP contribution in [-0.2, 0) is 0 Å². The Kier molecular flexibility index (Phi) is 16.4. The number of aromatic carboxylic acids is 1. The number of carboxylic acid groups (broad SMARTS) is 1. The summed E-state index contributed by atoms with van der Waals surface area (Å²) in [4.78, 5) is 9.99. The smallest absolute Gasteiger partial charge is 1.00 e. The second kappa shape index (κ2) is 9.77. The number of hydrogen-bond acceptors (Lipinski definition) is 2. The SMILES string of the molecule is O=C(O)c1ccn[nH]1.[H-].[H-].[H-].[Na+].[Na+].[Na+]. The monoisotopic (exact) mass is 184 g/mol. The standard InChI is InChI=1S/C4H4N2O2.3Na.3H/c7-4(8)3-1-2-5-6-3;;;;;;/h1-2H,(H,5,6)(H,7,8);;;;;;/q;3*+1;3*-1. The zero-order chi connectivity index (χ0) is 5.98. The van der Waals surface area contributed by atoms with E-state index in [0.29, 0.717) is 0 Å². The van der Waals surface area contributed by atoms with Crippen molar-refractivity contribution in [3.8, 4) is 0 Å². The van der Waals surface area contributed by atoms with Gasteiger partial charge in [-0.25, -0.2) is 4.79 Å². The van der Waals surface area contributed by atoms with Gasteiger partial charge in [-0.15, -0.1) is 0 Å². The fourth-order valence-corrected chi connectivity index (χ4v) is 0.375. The second-order valence-corrected chi connectivity index (χ2v) is 1.28. The van der Waals surface area contributed by atoms with E-state index in [1.807, 2.05) is 0 Å². The summed E-state index contributed by atoms with van der Waals surface area (Å²) in [7, 11) is 0. The molecule has 4 nitrogen and oxygen atoms in total. The van der Waals surface area contributed by atoms with Gasteiger partial charge in [0, 0.05) is 6.20 Å². The Morgan fingerprint density at radius 1 is 1.55 bits per heavy atom. The Labute approximate surface area is 135 Å². The van der Waals surface area contributed by atoms with Gasteiger partial charge in [0.25, 0.3) is 0 Å². The third-order valence-electron chi connectivity index (χ3n) is 0.731. The first-order valence-corrected chi connectivity index (χ1v) is 2.03. The number of aromatic nitrogens is 2. The molecule has 0 saturated heterocycles. The van der Waals surface area contributed by atoms with Crippen LogP contribution in [0.1, 0.15) is 14.8 Å². The molecule has 0 saturated carbocycles. The maximum absolute atomic E-state index is 9.99. The van der Waals surface area contributed by atoms with Crippen molar-refractivity contribution in [1.82, 2.24) is 10.2 Å². The number of carboxylic acids is 1. The van der Waals surface area contributed by atoms with Crippen LogP contribution in [0.25, 0.3) is 0 Å². The Balaban J connectivity index is -0.0000000267. The van der Waals surface area contributed by atoms with E-state index >= 15 is 0 Å². The van der Waals surface area contributed by atoms with E-state index in [4.69, 9.17) is 5.11 Å². The van der Waals surface area contributed by atoms with Crippen LogP contribution in [0.5, 0.6) is 0 Å². The van der Waals surface area contributed by atoms with Crippen molar-refractivity contribution in [1.29, 1.82) is 0 Å². The van der Waals surface area contributed by atoms with Gasteiger partial charge in [0.2, 0.25) is 0 Å². The van der Waals surface area contributed by atoms with E-state index in [-0.39, 0.29) is 98.6 Å². The molecule has 1 rings (SSSR count). The minimum atomic E-state index is -0.984. The zero-order valence-electron chi connectivity index (χ0n) is 9.96. The normalized spacial score (nSPS) is 6.55. The molecule has 0 aliphatic heterocycles.